The molecule has 0 spiro atoms. The third-order valence-corrected chi connectivity index (χ3v) is 3.36. The van der Waals surface area contributed by atoms with Gasteiger partial charge in [-0.3, -0.25) is 9.59 Å². The van der Waals surface area contributed by atoms with E-state index in [-0.39, 0.29) is 11.5 Å². The number of fused-ring (bicyclic) bond motifs is 1. The van der Waals surface area contributed by atoms with Gasteiger partial charge in [-0.2, -0.15) is 18.3 Å². The van der Waals surface area contributed by atoms with Crippen molar-refractivity contribution in [2.45, 2.75) is 38.9 Å². The van der Waals surface area contributed by atoms with Gasteiger partial charge < -0.3 is 5.32 Å². The lowest BCUT2D eigenvalue weighted by molar-refractivity contribution is -0.173. The number of nitrogens with one attached hydrogen (secondary N) is 1. The number of hydrogen-bond donors (Lipinski definition) is 1. The number of Topliss-reactive ketones (excluding diaryl/α,β-unsaturated/α-hetero) is 1. The van der Waals surface area contributed by atoms with E-state index in [0.717, 1.165) is 0 Å². The Morgan fingerprint density at radius 2 is 1.87 bits per heavy atom. The Kier molecular flexibility index (Phi) is 4.44. The smallest absolute Gasteiger partial charge is 0.338 e. The molecule has 0 bridgehead atoms. The Morgan fingerprint density at radius 3 is 2.43 bits per heavy atom. The van der Waals surface area contributed by atoms with E-state index in [1.807, 2.05) is 13.8 Å². The van der Waals surface area contributed by atoms with Crippen LogP contribution in [0.3, 0.4) is 0 Å². The number of aromatic nitrogens is 2. The second kappa shape index (κ2) is 6.02. The largest absolute Gasteiger partial charge is 0.471 e. The predicted molar refractivity (Wildman–Crippen MR) is 77.3 cm³/mol. The highest BCUT2D eigenvalue weighted by Gasteiger charge is 2.40. The van der Waals surface area contributed by atoms with Crippen molar-refractivity contribution in [1.82, 2.24) is 14.9 Å². The Balaban J connectivity index is 2.40. The molecule has 0 fully saturated rings. The average molecular weight is 327 g/mol. The number of pyridine rings is 1. The van der Waals surface area contributed by atoms with Crippen LogP contribution >= 0.6 is 0 Å². The minimum atomic E-state index is -5.03. The molecule has 0 unspecified atom stereocenters. The van der Waals surface area contributed by atoms with Crippen LogP contribution in [0.1, 0.15) is 42.7 Å². The van der Waals surface area contributed by atoms with Gasteiger partial charge in [0.05, 0.1) is 22.8 Å². The van der Waals surface area contributed by atoms with Crippen LogP contribution in [0.25, 0.3) is 5.52 Å². The maximum absolute atomic E-state index is 12.6. The van der Waals surface area contributed by atoms with E-state index in [2.05, 4.69) is 5.10 Å². The van der Waals surface area contributed by atoms with Crippen LogP contribution in [0.4, 0.5) is 13.2 Å². The van der Waals surface area contributed by atoms with E-state index in [4.69, 9.17) is 0 Å². The molecule has 5 nitrogen and oxygen atoms in total. The second-order valence-electron chi connectivity index (χ2n) is 5.50. The molecule has 1 atom stereocenters. The highest BCUT2D eigenvalue weighted by Crippen LogP contribution is 2.24. The summed E-state index contributed by atoms with van der Waals surface area (Å²) in [5.41, 5.74) is 1.21. The quantitative estimate of drug-likeness (QED) is 0.878. The summed E-state index contributed by atoms with van der Waals surface area (Å²) in [6, 6.07) is 3.78. The van der Waals surface area contributed by atoms with Crippen LogP contribution in [0.5, 0.6) is 0 Å². The number of carbonyl (C=O) groups excluding carboxylic acids is 2. The summed E-state index contributed by atoms with van der Waals surface area (Å²) in [6.45, 7) is 4.89. The third-order valence-electron chi connectivity index (χ3n) is 3.36. The first-order valence-corrected chi connectivity index (χ1v) is 7.02. The molecule has 1 amide bonds. The van der Waals surface area contributed by atoms with Gasteiger partial charge in [-0.05, 0) is 25.0 Å². The summed E-state index contributed by atoms with van der Waals surface area (Å²) in [6.07, 6.45) is -3.38. The fraction of sp³-hybridized carbons (Fsp3) is 0.400. The molecule has 1 N–H and O–H groups in total. The van der Waals surface area contributed by atoms with E-state index in [1.165, 1.54) is 11.4 Å². The molecule has 124 valence electrons. The molecule has 2 heterocycles. The van der Waals surface area contributed by atoms with E-state index < -0.39 is 23.9 Å². The van der Waals surface area contributed by atoms with Crippen LogP contribution < -0.4 is 5.32 Å². The normalized spacial score (nSPS) is 13.3. The Hall–Kier alpha value is -2.38. The fourth-order valence-electron chi connectivity index (χ4n) is 2.23. The van der Waals surface area contributed by atoms with Gasteiger partial charge in [0.1, 0.15) is 0 Å². The Bertz CT molecular complexity index is 750. The SMILES string of the molecule is CC(C)c1nn2ccccc2c1C(=O)[C@@H](C)NC(=O)C(F)(F)F. The van der Waals surface area contributed by atoms with Crippen LogP contribution in [-0.2, 0) is 4.79 Å². The van der Waals surface area contributed by atoms with E-state index >= 15 is 0 Å². The molecule has 0 aliphatic heterocycles. The van der Waals surface area contributed by atoms with Gasteiger partial charge in [0.15, 0.2) is 5.78 Å². The predicted octanol–water partition coefficient (Wildman–Crippen LogP) is 2.71. The maximum atomic E-state index is 12.6. The third kappa shape index (κ3) is 3.35. The van der Waals surface area contributed by atoms with Crippen molar-refractivity contribution in [3.05, 3.63) is 35.7 Å². The highest BCUT2D eigenvalue weighted by molar-refractivity contribution is 6.08. The molecule has 0 radical (unpaired) electrons. The zero-order chi connectivity index (χ0) is 17.4. The van der Waals surface area contributed by atoms with Crippen molar-refractivity contribution in [3.63, 3.8) is 0 Å². The van der Waals surface area contributed by atoms with Crippen LogP contribution in [0, 0.1) is 0 Å². The minimum absolute atomic E-state index is 0.0978. The lowest BCUT2D eigenvalue weighted by Crippen LogP contribution is -2.45. The molecule has 0 aliphatic carbocycles. The van der Waals surface area contributed by atoms with E-state index in [1.54, 1.807) is 29.7 Å². The molecule has 23 heavy (non-hydrogen) atoms. The average Bonchev–Trinajstić information content (AvgIpc) is 2.84. The molecular weight excluding hydrogens is 311 g/mol. The first-order valence-electron chi connectivity index (χ1n) is 7.02. The molecule has 0 aromatic carbocycles. The summed E-state index contributed by atoms with van der Waals surface area (Å²) >= 11 is 0. The number of carbonyl (C=O) groups is 2. The minimum Gasteiger partial charge on any atom is -0.338 e. The summed E-state index contributed by atoms with van der Waals surface area (Å²) in [7, 11) is 0. The van der Waals surface area contributed by atoms with Crippen molar-refractivity contribution >= 4 is 17.2 Å². The molecule has 8 heteroatoms. The van der Waals surface area contributed by atoms with Crippen molar-refractivity contribution < 1.29 is 22.8 Å². The number of alkyl halides is 3. The standard InChI is InChI=1S/C15H16F3N3O2/c1-8(2)12-11(10-6-4-5-7-21(10)20-12)13(22)9(3)19-14(23)15(16,17)18/h4-9H,1-3H3,(H,19,23)/t9-/m1/s1. The summed E-state index contributed by atoms with van der Waals surface area (Å²) in [5.74, 6) is -2.84. The van der Waals surface area contributed by atoms with Gasteiger partial charge in [-0.15, -0.1) is 0 Å². The van der Waals surface area contributed by atoms with Gasteiger partial charge in [-0.1, -0.05) is 19.9 Å². The Labute approximate surface area is 130 Å². The molecule has 0 saturated carbocycles. The van der Waals surface area contributed by atoms with Crippen LogP contribution in [-0.4, -0.2) is 33.5 Å². The number of halogens is 3. The first kappa shape index (κ1) is 17.0. The second-order valence-corrected chi connectivity index (χ2v) is 5.50. The van der Waals surface area contributed by atoms with Gasteiger partial charge in [0.25, 0.3) is 0 Å². The lowest BCUT2D eigenvalue weighted by Gasteiger charge is -2.15. The molecule has 0 saturated heterocycles. The fourth-order valence-corrected chi connectivity index (χ4v) is 2.23. The highest BCUT2D eigenvalue weighted by atomic mass is 19.4. The summed E-state index contributed by atoms with van der Waals surface area (Å²) in [5, 5.41) is 5.99. The van der Waals surface area contributed by atoms with Crippen LogP contribution in [0.15, 0.2) is 24.4 Å². The number of rotatable bonds is 4. The van der Waals surface area contributed by atoms with Crippen molar-refractivity contribution in [2.24, 2.45) is 0 Å². The molecule has 2 rings (SSSR count). The molecule has 0 aliphatic rings. The number of nitrogens with zero attached hydrogens (tertiary/aromatic N) is 2. The number of hydrogen-bond acceptors (Lipinski definition) is 3. The van der Waals surface area contributed by atoms with Crippen LogP contribution in [0.2, 0.25) is 0 Å². The van der Waals surface area contributed by atoms with Gasteiger partial charge in [-0.25, -0.2) is 4.52 Å². The first-order chi connectivity index (χ1) is 10.6. The molecule has 2 aromatic rings. The summed E-state index contributed by atoms with van der Waals surface area (Å²) < 4.78 is 38.5. The monoisotopic (exact) mass is 327 g/mol. The molecular formula is C15H16F3N3O2. The van der Waals surface area contributed by atoms with Crippen molar-refractivity contribution in [3.8, 4) is 0 Å². The van der Waals surface area contributed by atoms with Crippen molar-refractivity contribution in [1.29, 1.82) is 0 Å². The summed E-state index contributed by atoms with van der Waals surface area (Å²) in [4.78, 5) is 23.6. The van der Waals surface area contributed by atoms with Gasteiger partial charge in [0.2, 0.25) is 0 Å². The number of ketones is 1. The zero-order valence-corrected chi connectivity index (χ0v) is 12.8. The topological polar surface area (TPSA) is 63.5 Å². The molecule has 2 aromatic heterocycles. The van der Waals surface area contributed by atoms with E-state index in [0.29, 0.717) is 11.2 Å². The van der Waals surface area contributed by atoms with Crippen molar-refractivity contribution in [2.75, 3.05) is 0 Å². The lowest BCUT2D eigenvalue weighted by atomic mass is 9.98. The zero-order valence-electron chi connectivity index (χ0n) is 12.8. The van der Waals surface area contributed by atoms with E-state index in [9.17, 15) is 22.8 Å². The van der Waals surface area contributed by atoms with Gasteiger partial charge >= 0.3 is 12.1 Å². The number of amides is 1. The van der Waals surface area contributed by atoms with Gasteiger partial charge in [0, 0.05) is 6.20 Å². The Morgan fingerprint density at radius 1 is 1.22 bits per heavy atom. The maximum Gasteiger partial charge on any atom is 0.471 e.